The molecular formula is C17H30N2. The molecule has 0 amide bonds. The molecule has 3 N–H and O–H groups in total. The van der Waals surface area contributed by atoms with E-state index in [9.17, 15) is 0 Å². The Kier molecular flexibility index (Phi) is 5.71. The van der Waals surface area contributed by atoms with Crippen LogP contribution in [0.5, 0.6) is 0 Å². The van der Waals surface area contributed by atoms with Gasteiger partial charge in [0.2, 0.25) is 0 Å². The van der Waals surface area contributed by atoms with Gasteiger partial charge in [-0.25, -0.2) is 0 Å². The Morgan fingerprint density at radius 3 is 2.21 bits per heavy atom. The van der Waals surface area contributed by atoms with Crippen LogP contribution in [0.3, 0.4) is 0 Å². The summed E-state index contributed by atoms with van der Waals surface area (Å²) in [6, 6.07) is 4.82. The molecule has 1 rings (SSSR count). The monoisotopic (exact) mass is 262 g/mol. The number of nitrogen functional groups attached to an aromatic ring is 1. The second-order valence-corrected chi connectivity index (χ2v) is 6.64. The highest BCUT2D eigenvalue weighted by molar-refractivity contribution is 5.63. The predicted octanol–water partition coefficient (Wildman–Crippen LogP) is 4.62. The first-order valence-corrected chi connectivity index (χ1v) is 7.45. The molecule has 1 aromatic carbocycles. The van der Waals surface area contributed by atoms with E-state index in [2.05, 4.69) is 59.0 Å². The molecular weight excluding hydrogens is 232 g/mol. The number of hydrogen-bond acceptors (Lipinski definition) is 2. The van der Waals surface area contributed by atoms with Gasteiger partial charge in [0, 0.05) is 17.4 Å². The van der Waals surface area contributed by atoms with Gasteiger partial charge in [0.05, 0.1) is 0 Å². The maximum Gasteiger partial charge on any atom is 0.0395 e. The first-order chi connectivity index (χ1) is 8.79. The number of nitrogens with two attached hydrogens (primary N) is 1. The lowest BCUT2D eigenvalue weighted by atomic mass is 9.97. The van der Waals surface area contributed by atoms with E-state index in [0.29, 0.717) is 17.9 Å². The van der Waals surface area contributed by atoms with Crippen LogP contribution >= 0.6 is 0 Å². The number of nitrogens with one attached hydrogen (secondary N) is 1. The second-order valence-electron chi connectivity index (χ2n) is 6.64. The summed E-state index contributed by atoms with van der Waals surface area (Å²) in [7, 11) is 0. The van der Waals surface area contributed by atoms with Crippen molar-refractivity contribution in [1.82, 2.24) is 0 Å². The zero-order valence-corrected chi connectivity index (χ0v) is 13.4. The zero-order chi connectivity index (χ0) is 14.6. The van der Waals surface area contributed by atoms with Gasteiger partial charge in [0.25, 0.3) is 0 Å². The minimum atomic E-state index is 0.480. The van der Waals surface area contributed by atoms with Crippen LogP contribution in [-0.2, 0) is 6.42 Å². The number of aryl methyl sites for hydroxylation is 1. The Morgan fingerprint density at radius 2 is 1.68 bits per heavy atom. The molecule has 0 aliphatic carbocycles. The van der Waals surface area contributed by atoms with Crippen LogP contribution in [-0.4, -0.2) is 6.04 Å². The summed E-state index contributed by atoms with van der Waals surface area (Å²) in [6.45, 7) is 13.4. The molecule has 19 heavy (non-hydrogen) atoms. The molecule has 0 bridgehead atoms. The number of anilines is 2. The Balaban J connectivity index is 2.93. The highest BCUT2D eigenvalue weighted by Crippen LogP contribution is 2.26. The van der Waals surface area contributed by atoms with Gasteiger partial charge in [-0.2, -0.15) is 0 Å². The lowest BCUT2D eigenvalue weighted by Gasteiger charge is -2.21. The van der Waals surface area contributed by atoms with Gasteiger partial charge in [-0.15, -0.1) is 0 Å². The van der Waals surface area contributed by atoms with E-state index in [-0.39, 0.29) is 0 Å². The van der Waals surface area contributed by atoms with Crippen molar-refractivity contribution in [2.24, 2.45) is 11.8 Å². The molecule has 0 aliphatic rings. The molecule has 0 radical (unpaired) electrons. The Labute approximate surface area is 118 Å². The van der Waals surface area contributed by atoms with Crippen LogP contribution in [0.15, 0.2) is 12.1 Å². The van der Waals surface area contributed by atoms with Crippen molar-refractivity contribution < 1.29 is 0 Å². The van der Waals surface area contributed by atoms with E-state index >= 15 is 0 Å². The molecule has 0 saturated heterocycles. The first-order valence-electron chi connectivity index (χ1n) is 7.45. The van der Waals surface area contributed by atoms with Crippen molar-refractivity contribution in [3.8, 4) is 0 Å². The summed E-state index contributed by atoms with van der Waals surface area (Å²) in [5.74, 6) is 1.36. The van der Waals surface area contributed by atoms with Gasteiger partial charge in [-0.05, 0) is 55.7 Å². The molecule has 0 heterocycles. The smallest absolute Gasteiger partial charge is 0.0395 e. The standard InChI is InChI=1S/C17H30N2/c1-11(2)7-14(6)19-17-10-16(18)13(5)9-15(17)8-12(3)4/h9-12,14,19H,7-8,18H2,1-6H3. The molecule has 2 heteroatoms. The van der Waals surface area contributed by atoms with Crippen molar-refractivity contribution in [2.75, 3.05) is 11.1 Å². The lowest BCUT2D eigenvalue weighted by molar-refractivity contribution is 0.539. The van der Waals surface area contributed by atoms with Crippen LogP contribution < -0.4 is 11.1 Å². The van der Waals surface area contributed by atoms with Crippen molar-refractivity contribution in [3.63, 3.8) is 0 Å². The Morgan fingerprint density at radius 1 is 1.05 bits per heavy atom. The molecule has 0 saturated carbocycles. The second kappa shape index (κ2) is 6.83. The highest BCUT2D eigenvalue weighted by atomic mass is 14.9. The maximum atomic E-state index is 6.06. The minimum absolute atomic E-state index is 0.480. The third-order valence-corrected chi connectivity index (χ3v) is 3.35. The molecule has 1 atom stereocenters. The van der Waals surface area contributed by atoms with Gasteiger partial charge in [-0.1, -0.05) is 33.8 Å². The summed E-state index contributed by atoms with van der Waals surface area (Å²) in [6.07, 6.45) is 2.27. The van der Waals surface area contributed by atoms with Crippen molar-refractivity contribution >= 4 is 11.4 Å². The fraction of sp³-hybridized carbons (Fsp3) is 0.647. The minimum Gasteiger partial charge on any atom is -0.398 e. The predicted molar refractivity (Wildman–Crippen MR) is 86.7 cm³/mol. The van der Waals surface area contributed by atoms with Gasteiger partial charge in [-0.3, -0.25) is 0 Å². The Hall–Kier alpha value is -1.18. The molecule has 0 aliphatic heterocycles. The SMILES string of the molecule is Cc1cc(CC(C)C)c(NC(C)CC(C)C)cc1N. The average molecular weight is 262 g/mol. The average Bonchev–Trinajstić information content (AvgIpc) is 2.23. The molecule has 108 valence electrons. The largest absolute Gasteiger partial charge is 0.398 e. The maximum absolute atomic E-state index is 6.06. The van der Waals surface area contributed by atoms with E-state index < -0.39 is 0 Å². The quantitative estimate of drug-likeness (QED) is 0.734. The van der Waals surface area contributed by atoms with Crippen molar-refractivity contribution in [2.45, 2.75) is 60.4 Å². The fourth-order valence-corrected chi connectivity index (χ4v) is 2.56. The Bertz CT molecular complexity index is 408. The molecule has 0 aromatic heterocycles. The molecule has 1 unspecified atom stereocenters. The summed E-state index contributed by atoms with van der Waals surface area (Å²) in [5, 5.41) is 3.64. The van der Waals surface area contributed by atoms with Crippen molar-refractivity contribution in [3.05, 3.63) is 23.3 Å². The first kappa shape index (κ1) is 15.9. The van der Waals surface area contributed by atoms with Crippen molar-refractivity contribution in [1.29, 1.82) is 0 Å². The van der Waals surface area contributed by atoms with Crippen LogP contribution in [0, 0.1) is 18.8 Å². The van der Waals surface area contributed by atoms with E-state index in [1.54, 1.807) is 0 Å². The highest BCUT2D eigenvalue weighted by Gasteiger charge is 2.11. The van der Waals surface area contributed by atoms with Crippen LogP contribution in [0.4, 0.5) is 11.4 Å². The third kappa shape index (κ3) is 5.14. The van der Waals surface area contributed by atoms with Gasteiger partial charge < -0.3 is 11.1 Å². The van der Waals surface area contributed by atoms with E-state index in [1.807, 2.05) is 0 Å². The van der Waals surface area contributed by atoms with Gasteiger partial charge in [0.15, 0.2) is 0 Å². The fourth-order valence-electron chi connectivity index (χ4n) is 2.56. The van der Waals surface area contributed by atoms with Gasteiger partial charge >= 0.3 is 0 Å². The topological polar surface area (TPSA) is 38.0 Å². The summed E-state index contributed by atoms with van der Waals surface area (Å²) in [4.78, 5) is 0. The summed E-state index contributed by atoms with van der Waals surface area (Å²) in [5.41, 5.74) is 10.7. The molecule has 2 nitrogen and oxygen atoms in total. The van der Waals surface area contributed by atoms with E-state index in [0.717, 1.165) is 12.1 Å². The zero-order valence-electron chi connectivity index (χ0n) is 13.4. The molecule has 0 spiro atoms. The molecule has 0 fully saturated rings. The van der Waals surface area contributed by atoms with Crippen LogP contribution in [0.25, 0.3) is 0 Å². The number of rotatable bonds is 6. The van der Waals surface area contributed by atoms with E-state index in [1.165, 1.54) is 23.2 Å². The number of benzene rings is 1. The third-order valence-electron chi connectivity index (χ3n) is 3.35. The lowest BCUT2D eigenvalue weighted by Crippen LogP contribution is -2.19. The molecule has 1 aromatic rings. The van der Waals surface area contributed by atoms with Gasteiger partial charge in [0.1, 0.15) is 0 Å². The van der Waals surface area contributed by atoms with E-state index in [4.69, 9.17) is 5.73 Å². The van der Waals surface area contributed by atoms with Crippen LogP contribution in [0.2, 0.25) is 0 Å². The summed E-state index contributed by atoms with van der Waals surface area (Å²) >= 11 is 0. The summed E-state index contributed by atoms with van der Waals surface area (Å²) < 4.78 is 0. The van der Waals surface area contributed by atoms with Crippen LogP contribution in [0.1, 0.15) is 52.2 Å². The normalized spacial score (nSPS) is 13.1. The number of hydrogen-bond donors (Lipinski definition) is 2.